The van der Waals surface area contributed by atoms with Gasteiger partial charge in [0.25, 0.3) is 0 Å². The van der Waals surface area contributed by atoms with E-state index in [4.69, 9.17) is 14.2 Å². The van der Waals surface area contributed by atoms with Crippen LogP contribution in [0.2, 0.25) is 0 Å². The molecular weight excluding hydrogens is 925 g/mol. The van der Waals surface area contributed by atoms with Crippen LogP contribution < -0.4 is 0 Å². The van der Waals surface area contributed by atoms with Crippen molar-refractivity contribution in [1.82, 2.24) is 0 Å². The lowest BCUT2D eigenvalue weighted by Crippen LogP contribution is -2.30. The number of rotatable bonds is 53. The Balaban J connectivity index is 4.58. The first-order valence-corrected chi connectivity index (χ1v) is 30.3. The lowest BCUT2D eigenvalue weighted by Gasteiger charge is -2.18. The van der Waals surface area contributed by atoms with E-state index in [0.29, 0.717) is 19.3 Å². The van der Waals surface area contributed by atoms with Gasteiger partial charge in [-0.1, -0.05) is 244 Å². The summed E-state index contributed by atoms with van der Waals surface area (Å²) in [6.07, 6.45) is 88.5. The third kappa shape index (κ3) is 60.0. The molecule has 0 aliphatic heterocycles. The number of esters is 3. The van der Waals surface area contributed by atoms with Gasteiger partial charge in [0, 0.05) is 19.3 Å². The number of ether oxygens (including phenoxy) is 3. The second kappa shape index (κ2) is 61.8. The van der Waals surface area contributed by atoms with Crippen molar-refractivity contribution >= 4 is 17.9 Å². The first-order chi connectivity index (χ1) is 37.0. The van der Waals surface area contributed by atoms with Gasteiger partial charge in [0.15, 0.2) is 6.10 Å². The summed E-state index contributed by atoms with van der Waals surface area (Å²) < 4.78 is 16.8. The quantitative estimate of drug-likeness (QED) is 0.0261. The van der Waals surface area contributed by atoms with E-state index < -0.39 is 6.10 Å². The maximum absolute atomic E-state index is 12.9. The standard InChI is InChI=1S/C69H110O6/c1-4-7-10-13-16-19-22-25-28-31-34-37-40-43-46-49-52-55-58-61-67(70)73-64-66(75-69(72)63-60-57-54-51-48-45-42-39-36-33-30-27-24-21-18-15-12-9-6-3)65-74-68(71)62-59-56-53-50-47-44-41-38-35-32-29-26-23-20-17-14-11-8-5-2/h7,10,16-21,25-30,34-35,37-38,43-44,46-47,52,55,66H,4-6,8-9,11-15,22-24,31-33,36,39-42,45,48-51,53-54,56-65H2,1-3H3/b10-7-,19-16-,20-17-,21-18-,28-25-,29-26-,30-27-,37-34-,38-35-,46-43-,47-44-,55-52-/t66-/m1/s1. The fraction of sp³-hybridized carbons (Fsp3) is 0.609. The van der Waals surface area contributed by atoms with Crippen molar-refractivity contribution in [3.63, 3.8) is 0 Å². The van der Waals surface area contributed by atoms with Crippen LogP contribution in [0.15, 0.2) is 146 Å². The molecule has 0 aromatic carbocycles. The first kappa shape index (κ1) is 70.3. The molecule has 6 nitrogen and oxygen atoms in total. The van der Waals surface area contributed by atoms with Crippen LogP contribution in [-0.2, 0) is 28.6 Å². The predicted molar refractivity (Wildman–Crippen MR) is 325 cm³/mol. The van der Waals surface area contributed by atoms with Gasteiger partial charge in [-0.15, -0.1) is 0 Å². The van der Waals surface area contributed by atoms with Gasteiger partial charge in [-0.25, -0.2) is 0 Å². The lowest BCUT2D eigenvalue weighted by molar-refractivity contribution is -0.166. The molecule has 0 bridgehead atoms. The Morgan fingerprint density at radius 3 is 0.907 bits per heavy atom. The maximum atomic E-state index is 12.9. The molecule has 1 atom stereocenters. The monoisotopic (exact) mass is 1030 g/mol. The van der Waals surface area contributed by atoms with Crippen LogP contribution in [0.3, 0.4) is 0 Å². The smallest absolute Gasteiger partial charge is 0.306 e. The first-order valence-electron chi connectivity index (χ1n) is 30.3. The molecule has 0 amide bonds. The van der Waals surface area contributed by atoms with Crippen molar-refractivity contribution in [3.8, 4) is 0 Å². The van der Waals surface area contributed by atoms with Crippen molar-refractivity contribution in [3.05, 3.63) is 146 Å². The Kier molecular flexibility index (Phi) is 58.0. The molecule has 0 aliphatic rings. The number of carbonyl (C=O) groups is 3. The minimum Gasteiger partial charge on any atom is -0.462 e. The summed E-state index contributed by atoms with van der Waals surface area (Å²) in [4.78, 5) is 38.2. The van der Waals surface area contributed by atoms with E-state index in [1.807, 2.05) is 6.08 Å². The van der Waals surface area contributed by atoms with E-state index in [9.17, 15) is 14.4 Å². The molecule has 0 spiro atoms. The van der Waals surface area contributed by atoms with Gasteiger partial charge in [-0.3, -0.25) is 14.4 Å². The van der Waals surface area contributed by atoms with Gasteiger partial charge in [0.05, 0.1) is 0 Å². The third-order valence-electron chi connectivity index (χ3n) is 12.3. The highest BCUT2D eigenvalue weighted by Crippen LogP contribution is 2.14. The molecule has 0 N–H and O–H groups in total. The highest BCUT2D eigenvalue weighted by Gasteiger charge is 2.19. The third-order valence-corrected chi connectivity index (χ3v) is 12.3. The molecule has 0 aromatic rings. The summed E-state index contributed by atoms with van der Waals surface area (Å²) >= 11 is 0. The van der Waals surface area contributed by atoms with Gasteiger partial charge in [0.1, 0.15) is 13.2 Å². The number of carbonyl (C=O) groups excluding carboxylic acids is 3. The predicted octanol–water partition coefficient (Wildman–Crippen LogP) is 20.8. The fourth-order valence-corrected chi connectivity index (χ4v) is 7.78. The summed E-state index contributed by atoms with van der Waals surface area (Å²) in [6, 6.07) is 0. The normalized spacial score (nSPS) is 13.2. The molecule has 0 rings (SSSR count). The van der Waals surface area contributed by atoms with Gasteiger partial charge >= 0.3 is 17.9 Å². The van der Waals surface area contributed by atoms with Gasteiger partial charge in [0.2, 0.25) is 0 Å². The van der Waals surface area contributed by atoms with Crippen molar-refractivity contribution in [2.75, 3.05) is 13.2 Å². The minimum absolute atomic E-state index is 0.125. The Labute approximate surface area is 461 Å². The average Bonchev–Trinajstić information content (AvgIpc) is 3.41. The average molecular weight is 1040 g/mol. The summed E-state index contributed by atoms with van der Waals surface area (Å²) in [5.74, 6) is -1.05. The van der Waals surface area contributed by atoms with E-state index >= 15 is 0 Å². The Bertz CT molecular complexity index is 1660. The van der Waals surface area contributed by atoms with Gasteiger partial charge in [-0.05, 0) is 135 Å². The van der Waals surface area contributed by atoms with E-state index in [2.05, 4.69) is 161 Å². The highest BCUT2D eigenvalue weighted by molar-refractivity contribution is 5.71. The van der Waals surface area contributed by atoms with E-state index in [1.54, 1.807) is 0 Å². The Hall–Kier alpha value is -4.71. The number of allylic oxidation sites excluding steroid dienone is 24. The van der Waals surface area contributed by atoms with Crippen LogP contribution in [0, 0.1) is 0 Å². The number of hydrogen-bond donors (Lipinski definition) is 0. The fourth-order valence-electron chi connectivity index (χ4n) is 7.78. The SMILES string of the molecule is CC/C=C\C/C=C\C/C=C\C/C=C\C/C=C\C/C=C\CCC(=O)OC[C@H](COC(=O)CCCCC/C=C\C/C=C\C/C=C\C/C=C\CCCCC)OC(=O)CCCCCCCCCCC/C=C\C/C=C\CCCCC. The topological polar surface area (TPSA) is 78.9 Å². The van der Waals surface area contributed by atoms with Crippen molar-refractivity contribution < 1.29 is 28.6 Å². The Morgan fingerprint density at radius 2 is 0.547 bits per heavy atom. The zero-order valence-electron chi connectivity index (χ0n) is 48.3. The maximum Gasteiger partial charge on any atom is 0.306 e. The molecule has 0 radical (unpaired) electrons. The van der Waals surface area contributed by atoms with E-state index in [-0.39, 0.29) is 37.5 Å². The van der Waals surface area contributed by atoms with Crippen LogP contribution in [-0.4, -0.2) is 37.2 Å². The summed E-state index contributed by atoms with van der Waals surface area (Å²) in [5.41, 5.74) is 0. The van der Waals surface area contributed by atoms with E-state index in [1.165, 1.54) is 96.3 Å². The van der Waals surface area contributed by atoms with Crippen molar-refractivity contribution in [2.24, 2.45) is 0 Å². The zero-order chi connectivity index (χ0) is 54.3. The van der Waals surface area contributed by atoms with Crippen LogP contribution in [0.4, 0.5) is 0 Å². The number of hydrogen-bond acceptors (Lipinski definition) is 6. The second-order valence-corrected chi connectivity index (χ2v) is 19.5. The molecule has 75 heavy (non-hydrogen) atoms. The minimum atomic E-state index is -0.832. The Morgan fingerprint density at radius 1 is 0.280 bits per heavy atom. The highest BCUT2D eigenvalue weighted by atomic mass is 16.6. The van der Waals surface area contributed by atoms with Crippen molar-refractivity contribution in [1.29, 1.82) is 0 Å². The summed E-state index contributed by atoms with van der Waals surface area (Å²) in [5, 5.41) is 0. The van der Waals surface area contributed by atoms with Crippen LogP contribution >= 0.6 is 0 Å². The lowest BCUT2D eigenvalue weighted by atomic mass is 10.1. The molecule has 0 saturated heterocycles. The van der Waals surface area contributed by atoms with Crippen molar-refractivity contribution in [2.45, 2.75) is 258 Å². The van der Waals surface area contributed by atoms with E-state index in [0.717, 1.165) is 109 Å². The van der Waals surface area contributed by atoms with Gasteiger partial charge < -0.3 is 14.2 Å². The zero-order valence-corrected chi connectivity index (χ0v) is 48.3. The molecule has 422 valence electrons. The molecule has 0 heterocycles. The molecular formula is C69H110O6. The van der Waals surface area contributed by atoms with Crippen LogP contribution in [0.25, 0.3) is 0 Å². The number of unbranched alkanes of at least 4 members (excludes halogenated alkanes) is 18. The van der Waals surface area contributed by atoms with Gasteiger partial charge in [-0.2, -0.15) is 0 Å². The molecule has 0 fully saturated rings. The van der Waals surface area contributed by atoms with Crippen LogP contribution in [0.5, 0.6) is 0 Å². The molecule has 0 saturated carbocycles. The largest absolute Gasteiger partial charge is 0.462 e. The molecule has 0 unspecified atom stereocenters. The summed E-state index contributed by atoms with van der Waals surface area (Å²) in [7, 11) is 0. The molecule has 6 heteroatoms. The second-order valence-electron chi connectivity index (χ2n) is 19.5. The van der Waals surface area contributed by atoms with Crippen LogP contribution in [0.1, 0.15) is 252 Å². The molecule has 0 aliphatic carbocycles. The summed E-state index contributed by atoms with van der Waals surface area (Å²) in [6.45, 7) is 6.37. The molecule has 0 aromatic heterocycles.